The Kier molecular flexibility index (Phi) is 4.40. The molecule has 1 heterocycles. The topological polar surface area (TPSA) is 75.4 Å². The monoisotopic (exact) mass is 313 g/mol. The Morgan fingerprint density at radius 3 is 2.48 bits per heavy atom. The number of hydrogen-bond donors (Lipinski definition) is 1. The highest BCUT2D eigenvalue weighted by molar-refractivity contribution is 7.87. The van der Waals surface area contributed by atoms with Gasteiger partial charge >= 0.3 is 0 Å². The zero-order chi connectivity index (χ0) is 15.6. The van der Waals surface area contributed by atoms with E-state index >= 15 is 0 Å². The van der Waals surface area contributed by atoms with E-state index in [1.54, 1.807) is 19.1 Å². The number of benzene rings is 1. The van der Waals surface area contributed by atoms with Gasteiger partial charge < -0.3 is 4.42 Å². The molecule has 1 unspecified atom stereocenters. The normalized spacial score (nSPS) is 13.6. The van der Waals surface area contributed by atoms with Crippen molar-refractivity contribution in [1.82, 2.24) is 14.0 Å². The summed E-state index contributed by atoms with van der Waals surface area (Å²) in [7, 11) is -0.723. The molecule has 1 aromatic carbocycles. The molecule has 0 aliphatic carbocycles. The highest BCUT2D eigenvalue weighted by Gasteiger charge is 2.21. The van der Waals surface area contributed by atoms with Gasteiger partial charge in [0.05, 0.1) is 12.2 Å². The average Bonchev–Trinajstić information content (AvgIpc) is 2.88. The van der Waals surface area contributed by atoms with E-state index in [1.807, 2.05) is 0 Å². The first-order chi connectivity index (χ1) is 9.79. The molecule has 21 heavy (non-hydrogen) atoms. The Morgan fingerprint density at radius 1 is 1.29 bits per heavy atom. The minimum absolute atomic E-state index is 0.236. The predicted molar refractivity (Wildman–Crippen MR) is 76.1 cm³/mol. The van der Waals surface area contributed by atoms with Crippen molar-refractivity contribution < 1.29 is 17.2 Å². The van der Waals surface area contributed by atoms with E-state index < -0.39 is 16.3 Å². The second-order valence-corrected chi connectivity index (χ2v) is 6.61. The molecule has 0 saturated heterocycles. The third kappa shape index (κ3) is 3.66. The van der Waals surface area contributed by atoms with Crippen LogP contribution in [0.25, 0.3) is 11.3 Å². The minimum Gasteiger partial charge on any atom is -0.439 e. The fraction of sp³-hybridized carbons (Fsp3) is 0.308. The second-order valence-electron chi connectivity index (χ2n) is 4.70. The summed E-state index contributed by atoms with van der Waals surface area (Å²) in [5.41, 5.74) is 0.665. The standard InChI is InChI=1S/C13H16FN3O3S/c1-9(16-21(18,19)17(2)3)13-15-8-12(20-13)10-4-6-11(14)7-5-10/h4-9,16H,1-3H3. The van der Waals surface area contributed by atoms with Gasteiger partial charge in [-0.2, -0.15) is 17.4 Å². The Bertz CT molecular complexity index is 711. The second kappa shape index (κ2) is 5.92. The quantitative estimate of drug-likeness (QED) is 0.915. The molecule has 2 rings (SSSR count). The molecule has 8 heteroatoms. The van der Waals surface area contributed by atoms with Crippen LogP contribution in [0.1, 0.15) is 18.9 Å². The molecule has 0 radical (unpaired) electrons. The molecule has 0 bridgehead atoms. The van der Waals surface area contributed by atoms with Crippen molar-refractivity contribution in [3.63, 3.8) is 0 Å². The lowest BCUT2D eigenvalue weighted by molar-refractivity contribution is 0.437. The Hall–Kier alpha value is -1.77. The molecule has 0 spiro atoms. The van der Waals surface area contributed by atoms with Crippen molar-refractivity contribution in [2.45, 2.75) is 13.0 Å². The molecule has 114 valence electrons. The van der Waals surface area contributed by atoms with Gasteiger partial charge in [-0.3, -0.25) is 0 Å². The molecule has 0 aliphatic heterocycles. The van der Waals surface area contributed by atoms with Crippen molar-refractivity contribution in [2.24, 2.45) is 0 Å². The fourth-order valence-corrected chi connectivity index (χ4v) is 2.37. The zero-order valence-electron chi connectivity index (χ0n) is 11.9. The Balaban J connectivity index is 2.18. The lowest BCUT2D eigenvalue weighted by Crippen LogP contribution is -2.37. The van der Waals surface area contributed by atoms with Crippen LogP contribution in [0.4, 0.5) is 4.39 Å². The number of hydrogen-bond acceptors (Lipinski definition) is 4. The zero-order valence-corrected chi connectivity index (χ0v) is 12.7. The molecule has 0 amide bonds. The first-order valence-electron chi connectivity index (χ1n) is 6.21. The number of aromatic nitrogens is 1. The third-order valence-electron chi connectivity index (χ3n) is 2.83. The Labute approximate surface area is 122 Å². The summed E-state index contributed by atoms with van der Waals surface area (Å²) in [6.07, 6.45) is 1.48. The first kappa shape index (κ1) is 15.6. The molecule has 6 nitrogen and oxygen atoms in total. The molecule has 0 aliphatic rings. The van der Waals surface area contributed by atoms with Crippen molar-refractivity contribution in [1.29, 1.82) is 0 Å². The van der Waals surface area contributed by atoms with Gasteiger partial charge in [0.25, 0.3) is 10.2 Å². The summed E-state index contributed by atoms with van der Waals surface area (Å²) in [5, 5.41) is 0. The van der Waals surface area contributed by atoms with Crippen molar-refractivity contribution in [2.75, 3.05) is 14.1 Å². The molecule has 1 N–H and O–H groups in total. The van der Waals surface area contributed by atoms with Crippen molar-refractivity contribution in [3.8, 4) is 11.3 Å². The van der Waals surface area contributed by atoms with Gasteiger partial charge in [-0.05, 0) is 31.2 Å². The fourth-order valence-electron chi connectivity index (χ4n) is 1.61. The SMILES string of the molecule is CC(NS(=O)(=O)N(C)C)c1ncc(-c2ccc(F)cc2)o1. The average molecular weight is 313 g/mol. The van der Waals surface area contributed by atoms with Crippen molar-refractivity contribution >= 4 is 10.2 Å². The first-order valence-corrected chi connectivity index (χ1v) is 7.65. The maximum Gasteiger partial charge on any atom is 0.279 e. The van der Waals surface area contributed by atoms with Crippen LogP contribution in [0.5, 0.6) is 0 Å². The molecular weight excluding hydrogens is 297 g/mol. The lowest BCUT2D eigenvalue weighted by atomic mass is 10.2. The molecule has 1 atom stereocenters. The van der Waals surface area contributed by atoms with Crippen molar-refractivity contribution in [3.05, 3.63) is 42.2 Å². The summed E-state index contributed by atoms with van der Waals surface area (Å²) >= 11 is 0. The summed E-state index contributed by atoms with van der Waals surface area (Å²) in [5.74, 6) is 0.339. The van der Waals surface area contributed by atoms with Crippen LogP contribution in [0, 0.1) is 5.82 Å². The lowest BCUT2D eigenvalue weighted by Gasteiger charge is -2.15. The largest absolute Gasteiger partial charge is 0.439 e. The van der Waals surface area contributed by atoms with Crippen LogP contribution in [0.2, 0.25) is 0 Å². The van der Waals surface area contributed by atoms with Gasteiger partial charge in [-0.15, -0.1) is 0 Å². The molecule has 1 aromatic heterocycles. The van der Waals surface area contributed by atoms with E-state index in [-0.39, 0.29) is 11.7 Å². The van der Waals surface area contributed by atoms with E-state index in [1.165, 1.54) is 32.4 Å². The third-order valence-corrected chi connectivity index (χ3v) is 4.44. The number of nitrogens with one attached hydrogen (secondary N) is 1. The van der Waals surface area contributed by atoms with Crippen LogP contribution in [-0.2, 0) is 10.2 Å². The predicted octanol–water partition coefficient (Wildman–Crippen LogP) is 1.94. The van der Waals surface area contributed by atoms with Gasteiger partial charge in [0, 0.05) is 19.7 Å². The molecule has 2 aromatic rings. The number of halogens is 1. The van der Waals surface area contributed by atoms with E-state index in [4.69, 9.17) is 4.42 Å². The highest BCUT2D eigenvalue weighted by Crippen LogP contribution is 2.23. The summed E-state index contributed by atoms with van der Waals surface area (Å²) in [6.45, 7) is 1.63. The van der Waals surface area contributed by atoms with E-state index in [9.17, 15) is 12.8 Å². The summed E-state index contributed by atoms with van der Waals surface area (Å²) in [4.78, 5) is 4.05. The molecule has 0 fully saturated rings. The van der Waals surface area contributed by atoms with Gasteiger partial charge in [-0.25, -0.2) is 9.37 Å². The summed E-state index contributed by atoms with van der Waals surface area (Å²) < 4.78 is 45.3. The smallest absolute Gasteiger partial charge is 0.279 e. The van der Waals surface area contributed by atoms with Gasteiger partial charge in [0.1, 0.15) is 5.82 Å². The number of rotatable bonds is 5. The number of nitrogens with zero attached hydrogens (tertiary/aromatic N) is 2. The Morgan fingerprint density at radius 2 is 1.90 bits per heavy atom. The van der Waals surface area contributed by atoms with Gasteiger partial charge in [0.2, 0.25) is 5.89 Å². The maximum atomic E-state index is 12.9. The highest BCUT2D eigenvalue weighted by atomic mass is 32.2. The van der Waals surface area contributed by atoms with E-state index in [0.717, 1.165) is 4.31 Å². The van der Waals surface area contributed by atoms with Crippen LogP contribution >= 0.6 is 0 Å². The van der Waals surface area contributed by atoms with Crippen LogP contribution in [0.3, 0.4) is 0 Å². The van der Waals surface area contributed by atoms with Gasteiger partial charge in [0.15, 0.2) is 5.76 Å². The van der Waals surface area contributed by atoms with Crippen LogP contribution < -0.4 is 4.72 Å². The molecular formula is C13H16FN3O3S. The summed E-state index contributed by atoms with van der Waals surface area (Å²) in [6, 6.07) is 5.14. The van der Waals surface area contributed by atoms with Crippen LogP contribution in [-0.4, -0.2) is 31.8 Å². The van der Waals surface area contributed by atoms with Crippen LogP contribution in [0.15, 0.2) is 34.9 Å². The minimum atomic E-state index is -3.57. The van der Waals surface area contributed by atoms with E-state index in [0.29, 0.717) is 11.3 Å². The molecule has 0 saturated carbocycles. The maximum absolute atomic E-state index is 12.9. The van der Waals surface area contributed by atoms with Gasteiger partial charge in [-0.1, -0.05) is 0 Å². The van der Waals surface area contributed by atoms with E-state index in [2.05, 4.69) is 9.71 Å². The number of oxazole rings is 1.